The number of aromatic amines is 1. The summed E-state index contributed by atoms with van der Waals surface area (Å²) >= 11 is 5.63. The number of halogens is 3. The second-order valence-electron chi connectivity index (χ2n) is 7.76. The Bertz CT molecular complexity index is 917. The number of carbonyl (C=O) groups excluding carboxylic acids is 1. The fourth-order valence-electron chi connectivity index (χ4n) is 3.17. The van der Waals surface area contributed by atoms with Crippen LogP contribution in [0.2, 0.25) is 5.02 Å². The zero-order valence-electron chi connectivity index (χ0n) is 18.1. The van der Waals surface area contributed by atoms with Gasteiger partial charge in [-0.15, -0.1) is 0 Å². The summed E-state index contributed by atoms with van der Waals surface area (Å²) < 4.78 is 25.9. The summed E-state index contributed by atoms with van der Waals surface area (Å²) in [6.07, 6.45) is 7.10. The van der Waals surface area contributed by atoms with E-state index in [0.29, 0.717) is 12.1 Å². The van der Waals surface area contributed by atoms with Gasteiger partial charge in [0.25, 0.3) is 5.91 Å². The number of anilines is 1. The highest BCUT2D eigenvalue weighted by molar-refractivity contribution is 6.34. The van der Waals surface area contributed by atoms with Gasteiger partial charge >= 0.3 is 5.97 Å². The average Bonchev–Trinajstić information content (AvgIpc) is 3.20. The highest BCUT2D eigenvalue weighted by Gasteiger charge is 2.17. The minimum absolute atomic E-state index is 0.0896. The van der Waals surface area contributed by atoms with Crippen LogP contribution in [0, 0.1) is 11.6 Å². The van der Waals surface area contributed by atoms with Gasteiger partial charge in [-0.2, -0.15) is 5.10 Å². The molecule has 0 radical (unpaired) electrons. The van der Waals surface area contributed by atoms with E-state index < -0.39 is 23.5 Å². The molecule has 0 saturated heterocycles. The van der Waals surface area contributed by atoms with Crippen molar-refractivity contribution in [3.63, 3.8) is 0 Å². The molecule has 1 aliphatic carbocycles. The Morgan fingerprint density at radius 2 is 1.84 bits per heavy atom. The van der Waals surface area contributed by atoms with Gasteiger partial charge in [0.2, 0.25) is 0 Å². The number of H-pyrrole nitrogens is 1. The van der Waals surface area contributed by atoms with Crippen LogP contribution in [0.5, 0.6) is 0 Å². The lowest BCUT2D eigenvalue weighted by atomic mass is 9.95. The normalized spacial score (nSPS) is 14.1. The Hall–Kier alpha value is -2.56. The van der Waals surface area contributed by atoms with Crippen molar-refractivity contribution in [3.05, 3.63) is 46.1 Å². The zero-order valence-corrected chi connectivity index (χ0v) is 18.8. The molecule has 1 aliphatic rings. The number of nitrogens with zero attached hydrogens (tertiary/aromatic N) is 2. The predicted molar refractivity (Wildman–Crippen MR) is 118 cm³/mol. The predicted octanol–water partition coefficient (Wildman–Crippen LogP) is 3.76. The van der Waals surface area contributed by atoms with E-state index in [2.05, 4.69) is 39.8 Å². The van der Waals surface area contributed by atoms with E-state index in [9.17, 15) is 18.4 Å². The standard InChI is InChI=1S/C11H6ClF2N3O3.C10H22N2/c12-5-2-7(14)6(13)1-4(5)10(18)15-9-3-8(11(19)20)16-17-9;1-12(2)9-8-11-10-6-4-3-5-7-10/h1-3H,(H,19,20)(H2,15,16,17,18);10-11H,3-9H2,1-2H3. The van der Waals surface area contributed by atoms with Crippen LogP contribution in [0.1, 0.15) is 53.0 Å². The van der Waals surface area contributed by atoms with Crippen molar-refractivity contribution >= 4 is 29.3 Å². The van der Waals surface area contributed by atoms with Gasteiger partial charge in [0, 0.05) is 25.2 Å². The fourth-order valence-corrected chi connectivity index (χ4v) is 3.41. The molecule has 1 amide bonds. The summed E-state index contributed by atoms with van der Waals surface area (Å²) in [6, 6.07) is 3.18. The van der Waals surface area contributed by atoms with Gasteiger partial charge in [-0.25, -0.2) is 13.6 Å². The van der Waals surface area contributed by atoms with Crippen LogP contribution in [0.25, 0.3) is 0 Å². The Kier molecular flexibility index (Phi) is 10.0. The Morgan fingerprint density at radius 3 is 2.44 bits per heavy atom. The van der Waals surface area contributed by atoms with Gasteiger partial charge in [-0.1, -0.05) is 30.9 Å². The first-order chi connectivity index (χ1) is 15.2. The third kappa shape index (κ3) is 8.18. The highest BCUT2D eigenvalue weighted by Crippen LogP contribution is 2.21. The lowest BCUT2D eigenvalue weighted by molar-refractivity contribution is 0.0690. The van der Waals surface area contributed by atoms with E-state index in [4.69, 9.17) is 16.7 Å². The molecule has 1 saturated carbocycles. The molecule has 0 unspecified atom stereocenters. The monoisotopic (exact) mass is 471 g/mol. The molecule has 2 aromatic rings. The molecule has 0 aliphatic heterocycles. The lowest BCUT2D eigenvalue weighted by Crippen LogP contribution is -2.35. The van der Waals surface area contributed by atoms with E-state index in [1.807, 2.05) is 0 Å². The molecular formula is C21H28ClF2N5O3. The lowest BCUT2D eigenvalue weighted by Gasteiger charge is -2.23. The van der Waals surface area contributed by atoms with Gasteiger partial charge in [-0.3, -0.25) is 9.89 Å². The van der Waals surface area contributed by atoms with Crippen LogP contribution in [-0.2, 0) is 0 Å². The molecule has 3 rings (SSSR count). The van der Waals surface area contributed by atoms with E-state index in [1.165, 1.54) is 32.1 Å². The summed E-state index contributed by atoms with van der Waals surface area (Å²) in [5, 5.41) is 19.9. The number of hydrogen-bond acceptors (Lipinski definition) is 5. The van der Waals surface area contributed by atoms with Gasteiger partial charge in [0.1, 0.15) is 5.69 Å². The van der Waals surface area contributed by atoms with Gasteiger partial charge in [0.15, 0.2) is 17.5 Å². The van der Waals surface area contributed by atoms with Crippen LogP contribution in [-0.4, -0.2) is 65.3 Å². The molecule has 11 heteroatoms. The van der Waals surface area contributed by atoms with Crippen molar-refractivity contribution < 1.29 is 23.5 Å². The van der Waals surface area contributed by atoms with Crippen molar-refractivity contribution in [1.82, 2.24) is 20.4 Å². The van der Waals surface area contributed by atoms with Gasteiger partial charge in [0.05, 0.1) is 10.6 Å². The number of nitrogens with one attached hydrogen (secondary N) is 3. The summed E-state index contributed by atoms with van der Waals surface area (Å²) in [4.78, 5) is 24.6. The second kappa shape index (κ2) is 12.5. The molecule has 1 aromatic carbocycles. The van der Waals surface area contributed by atoms with Crippen molar-refractivity contribution in [1.29, 1.82) is 0 Å². The second-order valence-corrected chi connectivity index (χ2v) is 8.17. The van der Waals surface area contributed by atoms with Crippen LogP contribution >= 0.6 is 11.6 Å². The highest BCUT2D eigenvalue weighted by atomic mass is 35.5. The summed E-state index contributed by atoms with van der Waals surface area (Å²) in [5.74, 6) is -4.61. The fraction of sp³-hybridized carbons (Fsp3) is 0.476. The number of amides is 1. The first-order valence-electron chi connectivity index (χ1n) is 10.3. The minimum Gasteiger partial charge on any atom is -0.477 e. The number of carboxylic acid groups (broad SMARTS) is 1. The third-order valence-corrected chi connectivity index (χ3v) is 5.21. The number of carbonyl (C=O) groups is 2. The number of carboxylic acids is 1. The molecule has 0 bridgehead atoms. The van der Waals surface area contributed by atoms with Crippen LogP contribution in [0.4, 0.5) is 14.6 Å². The Balaban J connectivity index is 0.000000258. The molecule has 1 fully saturated rings. The van der Waals surface area contributed by atoms with Crippen LogP contribution in [0.3, 0.4) is 0 Å². The van der Waals surface area contributed by atoms with Gasteiger partial charge in [-0.05, 0) is 39.1 Å². The van der Waals surface area contributed by atoms with Gasteiger partial charge < -0.3 is 20.6 Å². The van der Waals surface area contributed by atoms with E-state index >= 15 is 0 Å². The van der Waals surface area contributed by atoms with Crippen molar-refractivity contribution in [2.75, 3.05) is 32.5 Å². The van der Waals surface area contributed by atoms with E-state index in [1.54, 1.807) is 0 Å². The quantitative estimate of drug-likeness (QED) is 0.458. The Morgan fingerprint density at radius 1 is 1.19 bits per heavy atom. The summed E-state index contributed by atoms with van der Waals surface area (Å²) in [6.45, 7) is 2.31. The average molecular weight is 472 g/mol. The molecule has 176 valence electrons. The Labute approximate surface area is 190 Å². The molecule has 0 spiro atoms. The number of aromatic nitrogens is 2. The number of benzene rings is 1. The van der Waals surface area contributed by atoms with E-state index in [-0.39, 0.29) is 22.1 Å². The van der Waals surface area contributed by atoms with E-state index in [0.717, 1.165) is 25.2 Å². The van der Waals surface area contributed by atoms with Crippen molar-refractivity contribution in [2.45, 2.75) is 38.1 Å². The number of hydrogen-bond donors (Lipinski definition) is 4. The first-order valence-corrected chi connectivity index (χ1v) is 10.7. The smallest absolute Gasteiger partial charge is 0.353 e. The molecule has 0 atom stereocenters. The third-order valence-electron chi connectivity index (χ3n) is 4.90. The largest absolute Gasteiger partial charge is 0.477 e. The van der Waals surface area contributed by atoms with Crippen molar-refractivity contribution in [3.8, 4) is 0 Å². The molecule has 32 heavy (non-hydrogen) atoms. The summed E-state index contributed by atoms with van der Waals surface area (Å²) in [7, 11) is 4.26. The SMILES string of the molecule is CN(C)CCNC1CCCCC1.O=C(O)c1cc(NC(=O)c2cc(F)c(F)cc2Cl)n[nH]1. The number of likely N-dealkylation sites (N-methyl/N-ethyl adjacent to an activating group) is 1. The topological polar surface area (TPSA) is 110 Å². The zero-order chi connectivity index (χ0) is 23.7. The number of rotatable bonds is 7. The maximum Gasteiger partial charge on any atom is 0.353 e. The summed E-state index contributed by atoms with van der Waals surface area (Å²) in [5.41, 5.74) is -0.540. The number of aromatic carboxylic acids is 1. The molecule has 1 aromatic heterocycles. The molecule has 4 N–H and O–H groups in total. The molecular weight excluding hydrogens is 444 g/mol. The molecule has 1 heterocycles. The van der Waals surface area contributed by atoms with Crippen LogP contribution in [0.15, 0.2) is 18.2 Å². The van der Waals surface area contributed by atoms with Crippen molar-refractivity contribution in [2.24, 2.45) is 0 Å². The van der Waals surface area contributed by atoms with Crippen LogP contribution < -0.4 is 10.6 Å². The minimum atomic E-state index is -1.26. The first kappa shape index (κ1) is 25.7. The molecule has 8 nitrogen and oxygen atoms in total. The maximum absolute atomic E-state index is 13.1. The maximum atomic E-state index is 13.1.